The molecule has 0 bridgehead atoms. The van der Waals surface area contributed by atoms with Gasteiger partial charge < -0.3 is 5.11 Å². The van der Waals surface area contributed by atoms with Gasteiger partial charge in [-0.1, -0.05) is 17.9 Å². The molecule has 0 saturated carbocycles. The van der Waals surface area contributed by atoms with Crippen molar-refractivity contribution >= 4 is 5.91 Å². The second-order valence-electron chi connectivity index (χ2n) is 3.84. The quantitative estimate of drug-likeness (QED) is 0.578. The number of nitrogens with one attached hydrogen (secondary N) is 1. The number of nitrogens with zero attached hydrogens (tertiary/aromatic N) is 1. The lowest BCUT2D eigenvalue weighted by Crippen LogP contribution is -2.36. The molecule has 90 valence electrons. The summed E-state index contributed by atoms with van der Waals surface area (Å²) in [5, 5.41) is 10.3. The SMILES string of the molecule is Cc1ccc(C(=O)NN(C)C)c(C#CCO)c1. The molecule has 0 saturated heterocycles. The van der Waals surface area contributed by atoms with Gasteiger partial charge in [0.05, 0.1) is 5.56 Å². The van der Waals surface area contributed by atoms with Crippen LogP contribution in [0.3, 0.4) is 0 Å². The lowest BCUT2D eigenvalue weighted by atomic mass is 10.0. The number of benzene rings is 1. The van der Waals surface area contributed by atoms with E-state index in [9.17, 15) is 4.79 Å². The number of rotatable bonds is 2. The first-order valence-corrected chi connectivity index (χ1v) is 5.23. The van der Waals surface area contributed by atoms with E-state index in [4.69, 9.17) is 5.11 Å². The number of aryl methyl sites for hydroxylation is 1. The zero-order valence-electron chi connectivity index (χ0n) is 10.2. The smallest absolute Gasteiger partial charge is 0.266 e. The molecule has 4 heteroatoms. The van der Waals surface area contributed by atoms with Crippen LogP contribution in [0.25, 0.3) is 0 Å². The topological polar surface area (TPSA) is 52.6 Å². The van der Waals surface area contributed by atoms with Crippen molar-refractivity contribution in [2.45, 2.75) is 6.92 Å². The predicted molar refractivity (Wildman–Crippen MR) is 66.3 cm³/mol. The Bertz CT molecular complexity index is 470. The molecular formula is C13H16N2O2. The number of amides is 1. The van der Waals surface area contributed by atoms with Gasteiger partial charge in [0, 0.05) is 19.7 Å². The van der Waals surface area contributed by atoms with Gasteiger partial charge in [0.15, 0.2) is 0 Å². The van der Waals surface area contributed by atoms with Gasteiger partial charge in [0.25, 0.3) is 5.91 Å². The second kappa shape index (κ2) is 6.04. The minimum Gasteiger partial charge on any atom is -0.384 e. The summed E-state index contributed by atoms with van der Waals surface area (Å²) in [5.74, 6) is 5.12. The fraction of sp³-hybridized carbons (Fsp3) is 0.308. The van der Waals surface area contributed by atoms with Crippen LogP contribution < -0.4 is 5.43 Å². The van der Waals surface area contributed by atoms with Crippen molar-refractivity contribution in [1.29, 1.82) is 0 Å². The molecule has 1 aromatic carbocycles. The molecule has 1 amide bonds. The summed E-state index contributed by atoms with van der Waals surface area (Å²) >= 11 is 0. The molecule has 0 unspecified atom stereocenters. The number of carbonyl (C=O) groups excluding carboxylic acids is 1. The third kappa shape index (κ3) is 3.91. The largest absolute Gasteiger partial charge is 0.384 e. The molecule has 0 aliphatic heterocycles. The van der Waals surface area contributed by atoms with E-state index in [1.165, 1.54) is 0 Å². The lowest BCUT2D eigenvalue weighted by Gasteiger charge is -2.13. The molecule has 0 aliphatic rings. The monoisotopic (exact) mass is 232 g/mol. The molecule has 1 rings (SSSR count). The highest BCUT2D eigenvalue weighted by molar-refractivity contribution is 5.96. The van der Waals surface area contributed by atoms with Gasteiger partial charge in [-0.05, 0) is 24.6 Å². The molecular weight excluding hydrogens is 216 g/mol. The van der Waals surface area contributed by atoms with Crippen molar-refractivity contribution in [3.8, 4) is 11.8 Å². The average molecular weight is 232 g/mol. The Kier molecular flexibility index (Phi) is 4.70. The van der Waals surface area contributed by atoms with E-state index in [-0.39, 0.29) is 12.5 Å². The van der Waals surface area contributed by atoms with Crippen LogP contribution in [0, 0.1) is 18.8 Å². The first-order chi connectivity index (χ1) is 8.04. The highest BCUT2D eigenvalue weighted by Crippen LogP contribution is 2.10. The fourth-order valence-corrected chi connectivity index (χ4v) is 1.36. The lowest BCUT2D eigenvalue weighted by molar-refractivity contribution is 0.0856. The summed E-state index contributed by atoms with van der Waals surface area (Å²) in [6, 6.07) is 5.41. The summed E-state index contributed by atoms with van der Waals surface area (Å²) in [5.41, 5.74) is 4.81. The predicted octanol–water partition coefficient (Wildman–Crippen LogP) is 0.545. The van der Waals surface area contributed by atoms with E-state index in [1.807, 2.05) is 19.1 Å². The van der Waals surface area contributed by atoms with Gasteiger partial charge in [-0.25, -0.2) is 5.01 Å². The number of aliphatic hydroxyl groups excluding tert-OH is 1. The van der Waals surface area contributed by atoms with Crippen LogP contribution in [0.5, 0.6) is 0 Å². The first kappa shape index (κ1) is 13.2. The number of hydrogen-bond donors (Lipinski definition) is 2. The van der Waals surface area contributed by atoms with Gasteiger partial charge in [-0.2, -0.15) is 0 Å². The van der Waals surface area contributed by atoms with Gasteiger partial charge in [0.1, 0.15) is 6.61 Å². The molecule has 0 aliphatic carbocycles. The van der Waals surface area contributed by atoms with Crippen LogP contribution in [-0.2, 0) is 0 Å². The van der Waals surface area contributed by atoms with Crippen LogP contribution in [0.1, 0.15) is 21.5 Å². The Labute approximate surface area is 101 Å². The Morgan fingerprint density at radius 1 is 1.47 bits per heavy atom. The number of carbonyl (C=O) groups is 1. The standard InChI is InChI=1S/C13H16N2O2/c1-10-6-7-12(13(17)14-15(2)3)11(9-10)5-4-8-16/h6-7,9,16H,8H2,1-3H3,(H,14,17). The van der Waals surface area contributed by atoms with E-state index in [0.29, 0.717) is 11.1 Å². The maximum atomic E-state index is 11.9. The maximum absolute atomic E-state index is 11.9. The van der Waals surface area contributed by atoms with Crippen molar-refractivity contribution in [2.75, 3.05) is 20.7 Å². The highest BCUT2D eigenvalue weighted by Gasteiger charge is 2.10. The van der Waals surface area contributed by atoms with E-state index < -0.39 is 0 Å². The molecule has 17 heavy (non-hydrogen) atoms. The van der Waals surface area contributed by atoms with Gasteiger partial charge in [-0.15, -0.1) is 0 Å². The highest BCUT2D eigenvalue weighted by atomic mass is 16.2. The summed E-state index contributed by atoms with van der Waals surface area (Å²) in [7, 11) is 3.48. The van der Waals surface area contributed by atoms with Gasteiger partial charge in [0.2, 0.25) is 0 Å². The Balaban J connectivity index is 3.09. The Morgan fingerprint density at radius 2 is 2.18 bits per heavy atom. The van der Waals surface area contributed by atoms with Crippen LogP contribution >= 0.6 is 0 Å². The molecule has 0 heterocycles. The zero-order valence-corrected chi connectivity index (χ0v) is 10.2. The van der Waals surface area contributed by atoms with E-state index in [0.717, 1.165) is 5.56 Å². The number of hydrogen-bond acceptors (Lipinski definition) is 3. The van der Waals surface area contributed by atoms with Gasteiger partial charge in [-0.3, -0.25) is 10.2 Å². The second-order valence-corrected chi connectivity index (χ2v) is 3.84. The minimum absolute atomic E-state index is 0.211. The van der Waals surface area contributed by atoms with Crippen molar-refractivity contribution < 1.29 is 9.90 Å². The van der Waals surface area contributed by atoms with Crippen LogP contribution in [-0.4, -0.2) is 36.7 Å². The molecule has 0 fully saturated rings. The average Bonchev–Trinajstić information content (AvgIpc) is 2.25. The maximum Gasteiger partial charge on any atom is 0.266 e. The summed E-state index contributed by atoms with van der Waals surface area (Å²) < 4.78 is 0. The molecule has 0 aromatic heterocycles. The van der Waals surface area contributed by atoms with Crippen molar-refractivity contribution in [3.63, 3.8) is 0 Å². The molecule has 2 N–H and O–H groups in total. The Morgan fingerprint density at radius 3 is 2.76 bits per heavy atom. The van der Waals surface area contributed by atoms with Crippen LogP contribution in [0.15, 0.2) is 18.2 Å². The van der Waals surface area contributed by atoms with Crippen LogP contribution in [0.4, 0.5) is 0 Å². The van der Waals surface area contributed by atoms with Gasteiger partial charge >= 0.3 is 0 Å². The third-order valence-corrected chi connectivity index (χ3v) is 2.05. The fourth-order valence-electron chi connectivity index (χ4n) is 1.36. The van der Waals surface area contributed by atoms with Crippen molar-refractivity contribution in [1.82, 2.24) is 10.4 Å². The summed E-state index contributed by atoms with van der Waals surface area (Å²) in [6.07, 6.45) is 0. The third-order valence-electron chi connectivity index (χ3n) is 2.05. The molecule has 0 spiro atoms. The number of aliphatic hydroxyl groups is 1. The minimum atomic E-state index is -0.220. The van der Waals surface area contributed by atoms with Crippen molar-refractivity contribution in [2.24, 2.45) is 0 Å². The molecule has 4 nitrogen and oxygen atoms in total. The molecule has 0 radical (unpaired) electrons. The zero-order chi connectivity index (χ0) is 12.8. The Hall–Kier alpha value is -1.83. The van der Waals surface area contributed by atoms with E-state index in [1.54, 1.807) is 25.2 Å². The molecule has 1 aromatic rings. The van der Waals surface area contributed by atoms with E-state index in [2.05, 4.69) is 17.3 Å². The van der Waals surface area contributed by atoms with Crippen LogP contribution in [0.2, 0.25) is 0 Å². The first-order valence-electron chi connectivity index (χ1n) is 5.23. The summed E-state index contributed by atoms with van der Waals surface area (Å²) in [6.45, 7) is 1.71. The normalized spacial score (nSPS) is 9.71. The van der Waals surface area contributed by atoms with E-state index >= 15 is 0 Å². The summed E-state index contributed by atoms with van der Waals surface area (Å²) in [4.78, 5) is 11.9. The molecule has 0 atom stereocenters. The van der Waals surface area contributed by atoms with Crippen molar-refractivity contribution in [3.05, 3.63) is 34.9 Å². The number of hydrazine groups is 1.